The summed E-state index contributed by atoms with van der Waals surface area (Å²) in [5.74, 6) is -4.16. The second-order valence-electron chi connectivity index (χ2n) is 7.09. The molecule has 1 fully saturated rings. The Morgan fingerprint density at radius 2 is 1.94 bits per heavy atom. The molecule has 1 saturated heterocycles. The van der Waals surface area contributed by atoms with E-state index in [1.807, 2.05) is 5.32 Å². The Balaban J connectivity index is 1.91. The molecule has 0 aliphatic carbocycles. The third kappa shape index (κ3) is 4.87. The molecule has 164 valence electrons. The topological polar surface area (TPSA) is 65.4 Å². The smallest absolute Gasteiger partial charge is 0.471 e. The number of carbonyl (C=O) groups is 1. The van der Waals surface area contributed by atoms with Crippen LogP contribution in [-0.4, -0.2) is 38.3 Å². The van der Waals surface area contributed by atoms with Crippen molar-refractivity contribution in [1.29, 1.82) is 5.26 Å². The average Bonchev–Trinajstić information content (AvgIpc) is 2.72. The minimum Gasteiger partial charge on any atom is -0.494 e. The number of carbonyl (C=O) groups excluding carboxylic acids is 1. The first-order valence-corrected chi connectivity index (χ1v) is 9.29. The highest BCUT2D eigenvalue weighted by Gasteiger charge is 2.42. The van der Waals surface area contributed by atoms with Crippen LogP contribution in [0.4, 0.5) is 27.6 Å². The van der Waals surface area contributed by atoms with Crippen molar-refractivity contribution in [3.8, 4) is 11.8 Å². The number of nitriles is 1. The summed E-state index contributed by atoms with van der Waals surface area (Å²) in [5.41, 5.74) is 0.599. The molecule has 2 unspecified atom stereocenters. The van der Waals surface area contributed by atoms with Gasteiger partial charge in [0.2, 0.25) is 0 Å². The van der Waals surface area contributed by atoms with E-state index >= 15 is 0 Å². The standard InChI is InChI=1S/C21H18F5N3O2/c1-31-19-5-3-13(9-16(19)23)14-6-7-29(11-17(14)28-20(30)21(24,25)26)18-4-2-12(10-27)8-15(18)22/h2-5,8-9,14,17H,6-7,11H2,1H3,(H,28,30). The van der Waals surface area contributed by atoms with Crippen molar-refractivity contribution in [2.45, 2.75) is 24.6 Å². The van der Waals surface area contributed by atoms with Crippen LogP contribution in [0.1, 0.15) is 23.5 Å². The molecule has 5 nitrogen and oxygen atoms in total. The molecule has 31 heavy (non-hydrogen) atoms. The molecule has 0 aromatic heterocycles. The number of rotatable bonds is 4. The summed E-state index contributed by atoms with van der Waals surface area (Å²) in [7, 11) is 1.29. The number of hydrogen-bond acceptors (Lipinski definition) is 4. The van der Waals surface area contributed by atoms with Crippen molar-refractivity contribution in [2.75, 3.05) is 25.1 Å². The first kappa shape index (κ1) is 22.3. The molecular formula is C21H18F5N3O2. The van der Waals surface area contributed by atoms with Crippen molar-refractivity contribution in [3.63, 3.8) is 0 Å². The Labute approximate surface area is 175 Å². The zero-order chi connectivity index (χ0) is 22.8. The van der Waals surface area contributed by atoms with Crippen LogP contribution in [-0.2, 0) is 4.79 Å². The molecule has 1 heterocycles. The van der Waals surface area contributed by atoms with Gasteiger partial charge in [0.05, 0.1) is 30.5 Å². The van der Waals surface area contributed by atoms with Gasteiger partial charge in [0.25, 0.3) is 0 Å². The number of alkyl halides is 3. The highest BCUT2D eigenvalue weighted by Crippen LogP contribution is 2.34. The van der Waals surface area contributed by atoms with Crippen molar-refractivity contribution >= 4 is 11.6 Å². The molecule has 2 atom stereocenters. The summed E-state index contributed by atoms with van der Waals surface area (Å²) in [6, 6.07) is 8.58. The summed E-state index contributed by atoms with van der Waals surface area (Å²) in [6.07, 6.45) is -4.87. The van der Waals surface area contributed by atoms with Gasteiger partial charge in [-0.2, -0.15) is 18.4 Å². The van der Waals surface area contributed by atoms with E-state index < -0.39 is 35.7 Å². The number of benzene rings is 2. The summed E-state index contributed by atoms with van der Waals surface area (Å²) in [6.45, 7) is 0.114. The third-order valence-corrected chi connectivity index (χ3v) is 5.21. The van der Waals surface area contributed by atoms with Gasteiger partial charge in [0.15, 0.2) is 11.6 Å². The van der Waals surface area contributed by atoms with Crippen LogP contribution in [0.5, 0.6) is 5.75 Å². The Morgan fingerprint density at radius 1 is 1.19 bits per heavy atom. The van der Waals surface area contributed by atoms with Crippen LogP contribution < -0.4 is 15.0 Å². The SMILES string of the molecule is COc1ccc(C2CCN(c3ccc(C#N)cc3F)CC2NC(=O)C(F)(F)F)cc1F. The Bertz CT molecular complexity index is 1020. The normalized spacial score (nSPS) is 18.9. The van der Waals surface area contributed by atoms with Crippen LogP contribution in [0.3, 0.4) is 0 Å². The summed E-state index contributed by atoms with van der Waals surface area (Å²) in [4.78, 5) is 13.1. The van der Waals surface area contributed by atoms with E-state index in [2.05, 4.69) is 0 Å². The second kappa shape index (κ2) is 8.79. The van der Waals surface area contributed by atoms with Crippen LogP contribution >= 0.6 is 0 Å². The number of methoxy groups -OCH3 is 1. The Morgan fingerprint density at radius 3 is 2.52 bits per heavy atom. The quantitative estimate of drug-likeness (QED) is 0.735. The molecule has 1 aliphatic rings. The van der Waals surface area contributed by atoms with Gasteiger partial charge in [0, 0.05) is 19.0 Å². The van der Waals surface area contributed by atoms with Gasteiger partial charge >= 0.3 is 12.1 Å². The Hall–Kier alpha value is -3.35. The first-order valence-electron chi connectivity index (χ1n) is 9.29. The lowest BCUT2D eigenvalue weighted by Gasteiger charge is -2.40. The molecule has 2 aromatic carbocycles. The highest BCUT2D eigenvalue weighted by atomic mass is 19.4. The fourth-order valence-corrected chi connectivity index (χ4v) is 3.71. The molecule has 1 aliphatic heterocycles. The number of piperidine rings is 1. The van der Waals surface area contributed by atoms with Crippen LogP contribution in [0.25, 0.3) is 0 Å². The molecular weight excluding hydrogens is 421 g/mol. The van der Waals surface area contributed by atoms with Crippen molar-refractivity contribution in [3.05, 3.63) is 59.2 Å². The van der Waals surface area contributed by atoms with Gasteiger partial charge in [-0.1, -0.05) is 6.07 Å². The van der Waals surface area contributed by atoms with Gasteiger partial charge in [0.1, 0.15) is 5.82 Å². The summed E-state index contributed by atoms with van der Waals surface area (Å²) < 4.78 is 72.1. The average molecular weight is 439 g/mol. The number of amides is 1. The first-order chi connectivity index (χ1) is 14.6. The largest absolute Gasteiger partial charge is 0.494 e. The van der Waals surface area contributed by atoms with Crippen molar-refractivity contribution in [2.24, 2.45) is 0 Å². The van der Waals surface area contributed by atoms with E-state index in [0.717, 1.165) is 12.1 Å². The third-order valence-electron chi connectivity index (χ3n) is 5.21. The summed E-state index contributed by atoms with van der Waals surface area (Å²) in [5, 5.41) is 10.8. The number of nitrogens with one attached hydrogen (secondary N) is 1. The van der Waals surface area contributed by atoms with Gasteiger partial charge in [-0.3, -0.25) is 4.79 Å². The predicted octanol–water partition coefficient (Wildman–Crippen LogP) is 3.89. The van der Waals surface area contributed by atoms with Crippen LogP contribution in [0.15, 0.2) is 36.4 Å². The lowest BCUT2D eigenvalue weighted by atomic mass is 9.84. The molecule has 0 radical (unpaired) electrons. The fraction of sp³-hybridized carbons (Fsp3) is 0.333. The maximum atomic E-state index is 14.4. The molecule has 0 saturated carbocycles. The maximum absolute atomic E-state index is 14.4. The molecule has 2 aromatic rings. The van der Waals surface area contributed by atoms with Gasteiger partial charge < -0.3 is 15.0 Å². The van der Waals surface area contributed by atoms with Gasteiger partial charge in [-0.25, -0.2) is 8.78 Å². The zero-order valence-corrected chi connectivity index (χ0v) is 16.3. The van der Waals surface area contributed by atoms with Crippen LogP contribution in [0, 0.1) is 23.0 Å². The molecule has 0 spiro atoms. The van der Waals surface area contributed by atoms with Crippen molar-refractivity contribution in [1.82, 2.24) is 5.32 Å². The van der Waals surface area contributed by atoms with Crippen molar-refractivity contribution < 1.29 is 31.5 Å². The zero-order valence-electron chi connectivity index (χ0n) is 16.3. The molecule has 3 rings (SSSR count). The molecule has 1 amide bonds. The molecule has 1 N–H and O–H groups in total. The van der Waals surface area contributed by atoms with Gasteiger partial charge in [-0.05, 0) is 42.3 Å². The fourth-order valence-electron chi connectivity index (χ4n) is 3.71. The number of anilines is 1. The lowest BCUT2D eigenvalue weighted by molar-refractivity contribution is -0.174. The van der Waals surface area contributed by atoms with E-state index in [9.17, 15) is 26.7 Å². The Kier molecular flexibility index (Phi) is 6.34. The van der Waals surface area contributed by atoms with E-state index in [-0.39, 0.29) is 36.5 Å². The number of halogens is 5. The maximum Gasteiger partial charge on any atom is 0.471 e. The minimum absolute atomic E-state index is 0.0169. The molecule has 0 bridgehead atoms. The minimum atomic E-state index is -5.10. The van der Waals surface area contributed by atoms with E-state index in [1.54, 1.807) is 6.07 Å². The van der Waals surface area contributed by atoms with E-state index in [0.29, 0.717) is 5.56 Å². The van der Waals surface area contributed by atoms with E-state index in [1.165, 1.54) is 36.3 Å². The van der Waals surface area contributed by atoms with E-state index in [4.69, 9.17) is 10.00 Å². The number of ether oxygens (including phenoxy) is 1. The lowest BCUT2D eigenvalue weighted by Crippen LogP contribution is -2.54. The number of hydrogen-bond donors (Lipinski definition) is 1. The van der Waals surface area contributed by atoms with Crippen LogP contribution in [0.2, 0.25) is 0 Å². The van der Waals surface area contributed by atoms with Gasteiger partial charge in [-0.15, -0.1) is 0 Å². The monoisotopic (exact) mass is 439 g/mol. The molecule has 10 heteroatoms. The second-order valence-corrected chi connectivity index (χ2v) is 7.09. The predicted molar refractivity (Wildman–Crippen MR) is 102 cm³/mol. The number of nitrogens with zero attached hydrogens (tertiary/aromatic N) is 2. The highest BCUT2D eigenvalue weighted by molar-refractivity contribution is 5.82. The summed E-state index contributed by atoms with van der Waals surface area (Å²) >= 11 is 0.